The molecule has 0 unspecified atom stereocenters. The van der Waals surface area contributed by atoms with Gasteiger partial charge in [0.1, 0.15) is 18.9 Å². The first-order valence-electron chi connectivity index (χ1n) is 9.61. The van der Waals surface area contributed by atoms with Crippen LogP contribution in [0.15, 0.2) is 54.6 Å². The highest BCUT2D eigenvalue weighted by Crippen LogP contribution is 2.24. The van der Waals surface area contributed by atoms with E-state index in [1.807, 2.05) is 18.2 Å². The number of hydrogen-bond donors (Lipinski definition) is 2. The Kier molecular flexibility index (Phi) is 6.47. The number of nitrogens with zero attached hydrogens (tertiary/aromatic N) is 2. The van der Waals surface area contributed by atoms with Crippen molar-refractivity contribution in [2.45, 2.75) is 18.9 Å². The number of rotatable bonds is 6. The van der Waals surface area contributed by atoms with Crippen LogP contribution in [0.5, 0.6) is 5.75 Å². The fourth-order valence-electron chi connectivity index (χ4n) is 3.76. The van der Waals surface area contributed by atoms with Gasteiger partial charge in [0.2, 0.25) is 0 Å². The molecule has 0 spiro atoms. The Morgan fingerprint density at radius 3 is 2.52 bits per heavy atom. The predicted octanol–water partition coefficient (Wildman–Crippen LogP) is 3.02. The molecule has 3 rings (SSSR count). The van der Waals surface area contributed by atoms with Gasteiger partial charge in [-0.05, 0) is 30.3 Å². The molecule has 2 aromatic rings. The second-order valence-electron chi connectivity index (χ2n) is 7.20. The normalized spacial score (nSPS) is 21.0. The van der Waals surface area contributed by atoms with E-state index < -0.39 is 6.09 Å². The number of carbonyl (C=O) groups is 2. The molecule has 150 valence electrons. The Morgan fingerprint density at radius 2 is 1.86 bits per heavy atom. The summed E-state index contributed by atoms with van der Waals surface area (Å²) >= 11 is 0. The molecule has 1 fully saturated rings. The van der Waals surface area contributed by atoms with Gasteiger partial charge in [0.15, 0.2) is 0 Å². The Balaban J connectivity index is 1.72. The van der Waals surface area contributed by atoms with Crippen LogP contribution < -0.4 is 10.1 Å². The molecule has 2 aromatic carbocycles. The van der Waals surface area contributed by atoms with Crippen LogP contribution in [0.4, 0.5) is 4.79 Å². The lowest BCUT2D eigenvalue weighted by Gasteiger charge is -2.41. The number of hydrogen-bond acceptors (Lipinski definition) is 4. The fraction of sp³-hybridized carbons (Fsp3) is 0.318. The summed E-state index contributed by atoms with van der Waals surface area (Å²) in [6.45, 7) is 1.88. The van der Waals surface area contributed by atoms with E-state index in [9.17, 15) is 9.59 Å². The van der Waals surface area contributed by atoms with Crippen molar-refractivity contribution in [1.82, 2.24) is 5.32 Å². The van der Waals surface area contributed by atoms with Crippen molar-refractivity contribution >= 4 is 12.0 Å². The number of piperidine rings is 1. The molecule has 0 bridgehead atoms. The van der Waals surface area contributed by atoms with Crippen LogP contribution in [0.1, 0.15) is 28.8 Å². The van der Waals surface area contributed by atoms with Gasteiger partial charge in [0.05, 0.1) is 30.3 Å². The van der Waals surface area contributed by atoms with Crippen molar-refractivity contribution in [3.05, 3.63) is 65.7 Å². The van der Waals surface area contributed by atoms with E-state index in [4.69, 9.17) is 15.1 Å². The maximum Gasteiger partial charge on any atom is 0.404 e. The molecule has 2 amide bonds. The second-order valence-corrected chi connectivity index (χ2v) is 7.20. The molecule has 7 nitrogen and oxygen atoms in total. The summed E-state index contributed by atoms with van der Waals surface area (Å²) in [7, 11) is 0. The highest BCUT2D eigenvalue weighted by atomic mass is 16.5. The maximum absolute atomic E-state index is 13.3. The van der Waals surface area contributed by atoms with Gasteiger partial charge in [0.25, 0.3) is 0 Å². The Bertz CT molecular complexity index is 900. The van der Waals surface area contributed by atoms with Crippen LogP contribution in [0.2, 0.25) is 0 Å². The van der Waals surface area contributed by atoms with E-state index in [1.54, 1.807) is 36.4 Å². The largest absolute Gasteiger partial charge is 0.488 e. The average Bonchev–Trinajstić information content (AvgIpc) is 2.75. The van der Waals surface area contributed by atoms with E-state index in [-0.39, 0.29) is 16.4 Å². The molecular formula is C22H24N3O4+. The number of nitriles is 1. The molecule has 2 N–H and O–H groups in total. The van der Waals surface area contributed by atoms with Crippen molar-refractivity contribution in [3.63, 3.8) is 0 Å². The van der Waals surface area contributed by atoms with Crippen molar-refractivity contribution < 1.29 is 23.9 Å². The second kappa shape index (κ2) is 9.22. The molecule has 0 radical (unpaired) electrons. The maximum atomic E-state index is 13.3. The third-order valence-electron chi connectivity index (χ3n) is 5.34. The fourth-order valence-corrected chi connectivity index (χ4v) is 3.76. The van der Waals surface area contributed by atoms with Gasteiger partial charge in [-0.15, -0.1) is 0 Å². The van der Waals surface area contributed by atoms with Crippen LogP contribution in [0.3, 0.4) is 0 Å². The molecule has 1 saturated heterocycles. The minimum Gasteiger partial charge on any atom is -0.488 e. The molecule has 0 saturated carbocycles. The number of carbonyl (C=O) groups excluding carboxylic acids is 1. The molecule has 1 aliphatic heterocycles. The van der Waals surface area contributed by atoms with Crippen molar-refractivity contribution in [3.8, 4) is 11.8 Å². The number of benzene rings is 2. The van der Waals surface area contributed by atoms with Crippen LogP contribution in [0.25, 0.3) is 0 Å². The smallest absolute Gasteiger partial charge is 0.404 e. The van der Waals surface area contributed by atoms with E-state index in [0.717, 1.165) is 0 Å². The van der Waals surface area contributed by atoms with Gasteiger partial charge < -0.3 is 15.2 Å². The van der Waals surface area contributed by atoms with Gasteiger partial charge >= 0.3 is 12.0 Å². The van der Waals surface area contributed by atoms with E-state index >= 15 is 0 Å². The molecule has 29 heavy (non-hydrogen) atoms. The summed E-state index contributed by atoms with van der Waals surface area (Å²) in [5.41, 5.74) is 1.16. The Morgan fingerprint density at radius 1 is 1.14 bits per heavy atom. The lowest BCUT2D eigenvalue weighted by atomic mass is 10.00. The first-order valence-corrected chi connectivity index (χ1v) is 9.61. The molecule has 0 aliphatic carbocycles. The number of carboxylic acid groups (broad SMARTS) is 1. The third-order valence-corrected chi connectivity index (χ3v) is 5.34. The van der Waals surface area contributed by atoms with E-state index in [0.29, 0.717) is 56.0 Å². The van der Waals surface area contributed by atoms with Crippen LogP contribution in [-0.2, 0) is 0 Å². The highest BCUT2D eigenvalue weighted by molar-refractivity contribution is 5.89. The topological polar surface area (TPSA) is 99.4 Å². The number of amides is 2. The summed E-state index contributed by atoms with van der Waals surface area (Å²) in [6, 6.07) is 18.0. The monoisotopic (exact) mass is 394 g/mol. The minimum absolute atomic E-state index is 0.0220. The molecule has 1 aliphatic rings. The molecule has 0 atom stereocenters. The lowest BCUT2D eigenvalue weighted by molar-refractivity contribution is -0.854. The molecule has 0 aromatic heterocycles. The number of ether oxygens (including phenoxy) is 1. The summed E-state index contributed by atoms with van der Waals surface area (Å²) in [5.74, 6) is 0.616. The van der Waals surface area contributed by atoms with Gasteiger partial charge in [0, 0.05) is 18.9 Å². The Hall–Kier alpha value is -3.37. The SMILES string of the molecule is N#Cc1cccc(OCC[N+]2(C(=O)c3ccccc3)CCC(NC(=O)O)CC2)c1. The predicted molar refractivity (Wildman–Crippen MR) is 106 cm³/mol. The quantitative estimate of drug-likeness (QED) is 0.734. The highest BCUT2D eigenvalue weighted by Gasteiger charge is 2.41. The van der Waals surface area contributed by atoms with Crippen LogP contribution >= 0.6 is 0 Å². The summed E-state index contributed by atoms with van der Waals surface area (Å²) < 4.78 is 6.05. The van der Waals surface area contributed by atoms with E-state index in [1.165, 1.54) is 0 Å². The average molecular weight is 394 g/mol. The van der Waals surface area contributed by atoms with E-state index in [2.05, 4.69) is 11.4 Å². The summed E-state index contributed by atoms with van der Waals surface area (Å²) in [5, 5.41) is 20.5. The minimum atomic E-state index is -1.04. The van der Waals surface area contributed by atoms with Gasteiger partial charge in [-0.2, -0.15) is 5.26 Å². The van der Waals surface area contributed by atoms with Crippen molar-refractivity contribution in [1.29, 1.82) is 5.26 Å². The van der Waals surface area contributed by atoms with Gasteiger partial charge in [-0.3, -0.25) is 4.48 Å². The molecular weight excluding hydrogens is 370 g/mol. The summed E-state index contributed by atoms with van der Waals surface area (Å²) in [4.78, 5) is 24.3. The first-order chi connectivity index (χ1) is 14.0. The number of likely N-dealkylation sites (tertiary alicyclic amines) is 1. The van der Waals surface area contributed by atoms with Crippen molar-refractivity contribution in [2.75, 3.05) is 26.2 Å². The lowest BCUT2D eigenvalue weighted by Crippen LogP contribution is -2.61. The zero-order valence-electron chi connectivity index (χ0n) is 16.1. The molecule has 7 heteroatoms. The van der Waals surface area contributed by atoms with Crippen molar-refractivity contribution in [2.24, 2.45) is 0 Å². The van der Waals surface area contributed by atoms with Crippen LogP contribution in [0, 0.1) is 11.3 Å². The van der Waals surface area contributed by atoms with Gasteiger partial charge in [-0.25, -0.2) is 9.59 Å². The zero-order valence-corrected chi connectivity index (χ0v) is 16.1. The standard InChI is InChI=1S/C22H23N3O4/c23-16-17-5-4-8-20(15-17)29-14-13-25(21(26)18-6-2-1-3-7-18)11-9-19(10-12-25)24-22(27)28/h1-8,15,19,24H,9-14H2/p+1. The third kappa shape index (κ3) is 5.12. The Labute approximate surface area is 169 Å². The van der Waals surface area contributed by atoms with Crippen LogP contribution in [-0.4, -0.2) is 53.9 Å². The summed E-state index contributed by atoms with van der Waals surface area (Å²) in [6.07, 6.45) is 0.147. The number of nitrogens with one attached hydrogen (secondary N) is 1. The first kappa shape index (κ1) is 20.4. The zero-order chi connectivity index (χ0) is 20.7. The molecule has 1 heterocycles. The van der Waals surface area contributed by atoms with Gasteiger partial charge in [-0.1, -0.05) is 24.3 Å². The number of quaternary nitrogens is 1.